The van der Waals surface area contributed by atoms with Gasteiger partial charge >= 0.3 is 0 Å². The highest BCUT2D eigenvalue weighted by Gasteiger charge is 2.12. The number of nitrogens with one attached hydrogen (secondary N) is 1. The number of amides is 1. The summed E-state index contributed by atoms with van der Waals surface area (Å²) in [5.41, 5.74) is 7.76. The monoisotopic (exact) mass is 310 g/mol. The quantitative estimate of drug-likeness (QED) is 0.349. The molecular weight excluding hydrogens is 296 g/mol. The van der Waals surface area contributed by atoms with Crippen molar-refractivity contribution in [3.8, 4) is 5.75 Å². The molecule has 0 fully saturated rings. The minimum Gasteiger partial charge on any atom is -0.486 e. The van der Waals surface area contributed by atoms with E-state index in [1.54, 1.807) is 48.7 Å². The van der Waals surface area contributed by atoms with Gasteiger partial charge in [0.25, 0.3) is 5.91 Å². The maximum absolute atomic E-state index is 12.3. The Balaban J connectivity index is 1.76. The van der Waals surface area contributed by atoms with Crippen LogP contribution in [-0.2, 0) is 0 Å². The van der Waals surface area contributed by atoms with E-state index in [2.05, 4.69) is 15.5 Å². The zero-order valence-corrected chi connectivity index (χ0v) is 12.1. The van der Waals surface area contributed by atoms with Crippen LogP contribution in [0.3, 0.4) is 0 Å². The molecule has 0 aromatic heterocycles. The van der Waals surface area contributed by atoms with Gasteiger partial charge in [-0.2, -0.15) is 0 Å². The largest absolute Gasteiger partial charge is 0.486 e. The number of carbonyl (C=O) groups excluding carboxylic acids is 1. The Morgan fingerprint density at radius 3 is 2.70 bits per heavy atom. The molecule has 0 unspecified atom stereocenters. The van der Waals surface area contributed by atoms with Gasteiger partial charge in [-0.25, -0.2) is 0 Å². The molecule has 0 bridgehead atoms. The van der Waals surface area contributed by atoms with E-state index < -0.39 is 0 Å². The van der Waals surface area contributed by atoms with Crippen LogP contribution in [0.4, 0.5) is 11.4 Å². The highest BCUT2D eigenvalue weighted by atomic mass is 16.5. The van der Waals surface area contributed by atoms with Crippen LogP contribution in [0.25, 0.3) is 0 Å². The van der Waals surface area contributed by atoms with Crippen molar-refractivity contribution in [3.05, 3.63) is 53.6 Å². The summed E-state index contributed by atoms with van der Waals surface area (Å²) in [5.74, 6) is 0.410. The second-order valence-corrected chi connectivity index (χ2v) is 4.82. The van der Waals surface area contributed by atoms with Crippen LogP contribution < -0.4 is 15.8 Å². The lowest BCUT2D eigenvalue weighted by Gasteiger charge is -2.12. The van der Waals surface area contributed by atoms with Gasteiger partial charge in [-0.1, -0.05) is 5.16 Å². The summed E-state index contributed by atoms with van der Waals surface area (Å²) < 4.78 is 5.40. The Hall–Kier alpha value is -3.35. The molecule has 2 aromatic rings. The van der Waals surface area contributed by atoms with Gasteiger partial charge in [0, 0.05) is 23.0 Å². The van der Waals surface area contributed by atoms with E-state index in [9.17, 15) is 4.79 Å². The average molecular weight is 310 g/mol. The van der Waals surface area contributed by atoms with E-state index >= 15 is 0 Å². The Labute approximate surface area is 132 Å². The third-order valence-electron chi connectivity index (χ3n) is 3.31. The molecule has 7 heteroatoms. The molecule has 0 spiro atoms. The first-order valence-electron chi connectivity index (χ1n) is 6.86. The first kappa shape index (κ1) is 14.6. The minimum absolute atomic E-state index is 0.00965. The molecule has 116 valence electrons. The Morgan fingerprint density at radius 2 is 1.96 bits per heavy atom. The third kappa shape index (κ3) is 3.13. The SMILES string of the molecule is NC(=NO)c1ccc(NC(=O)c2ccc3c(c2)N=CCO3)cc1. The molecule has 2 aromatic carbocycles. The minimum atomic E-state index is -0.259. The number of carbonyl (C=O) groups is 1. The van der Waals surface area contributed by atoms with E-state index in [0.717, 1.165) is 0 Å². The molecule has 3 rings (SSSR count). The molecule has 0 aliphatic carbocycles. The van der Waals surface area contributed by atoms with Gasteiger partial charge in [0.05, 0.1) is 0 Å². The van der Waals surface area contributed by atoms with Gasteiger partial charge in [0.15, 0.2) is 5.84 Å². The molecule has 0 radical (unpaired) electrons. The highest BCUT2D eigenvalue weighted by molar-refractivity contribution is 6.05. The van der Waals surface area contributed by atoms with Crippen molar-refractivity contribution in [1.82, 2.24) is 0 Å². The van der Waals surface area contributed by atoms with Crippen LogP contribution >= 0.6 is 0 Å². The van der Waals surface area contributed by atoms with Gasteiger partial charge in [0.1, 0.15) is 18.0 Å². The molecule has 0 saturated carbocycles. The summed E-state index contributed by atoms with van der Waals surface area (Å²) in [6, 6.07) is 11.7. The number of amidine groups is 1. The van der Waals surface area contributed by atoms with E-state index in [1.165, 1.54) is 0 Å². The lowest BCUT2D eigenvalue weighted by molar-refractivity contribution is 0.102. The lowest BCUT2D eigenvalue weighted by atomic mass is 10.1. The zero-order chi connectivity index (χ0) is 16.2. The fourth-order valence-corrected chi connectivity index (χ4v) is 2.13. The summed E-state index contributed by atoms with van der Waals surface area (Å²) in [6.07, 6.45) is 1.65. The summed E-state index contributed by atoms with van der Waals surface area (Å²) >= 11 is 0. The number of ether oxygens (including phenoxy) is 1. The number of benzene rings is 2. The van der Waals surface area contributed by atoms with Crippen LogP contribution in [-0.4, -0.2) is 29.8 Å². The number of nitrogens with zero attached hydrogens (tertiary/aromatic N) is 2. The van der Waals surface area contributed by atoms with Gasteiger partial charge in [-0.3, -0.25) is 9.79 Å². The second kappa shape index (κ2) is 6.18. The fourth-order valence-electron chi connectivity index (χ4n) is 2.13. The summed E-state index contributed by atoms with van der Waals surface area (Å²) in [4.78, 5) is 16.5. The van der Waals surface area contributed by atoms with Crippen molar-refractivity contribution in [3.63, 3.8) is 0 Å². The number of anilines is 1. The van der Waals surface area contributed by atoms with Crippen LogP contribution in [0.2, 0.25) is 0 Å². The van der Waals surface area contributed by atoms with Gasteiger partial charge < -0.3 is 21.0 Å². The van der Waals surface area contributed by atoms with E-state index in [0.29, 0.717) is 34.9 Å². The number of rotatable bonds is 3. The summed E-state index contributed by atoms with van der Waals surface area (Å²) in [6.45, 7) is 0.436. The molecule has 7 nitrogen and oxygen atoms in total. The highest BCUT2D eigenvalue weighted by Crippen LogP contribution is 2.30. The standard InChI is InChI=1S/C16H14N4O3/c17-15(20-22)10-1-4-12(5-2-10)19-16(21)11-3-6-14-13(9-11)18-7-8-23-14/h1-7,9,22H,8H2,(H2,17,20)(H,19,21). The van der Waals surface area contributed by atoms with Crippen molar-refractivity contribution >= 4 is 29.3 Å². The van der Waals surface area contributed by atoms with Gasteiger partial charge in [0.2, 0.25) is 0 Å². The zero-order valence-electron chi connectivity index (χ0n) is 12.1. The summed E-state index contributed by atoms with van der Waals surface area (Å²) in [5, 5.41) is 14.3. The molecule has 0 saturated heterocycles. The molecule has 4 N–H and O–H groups in total. The van der Waals surface area contributed by atoms with Gasteiger partial charge in [-0.15, -0.1) is 0 Å². The maximum Gasteiger partial charge on any atom is 0.255 e. The first-order chi connectivity index (χ1) is 11.2. The predicted molar refractivity (Wildman–Crippen MR) is 87.0 cm³/mol. The van der Waals surface area contributed by atoms with E-state index in [1.807, 2.05) is 0 Å². The van der Waals surface area contributed by atoms with Crippen LogP contribution in [0, 0.1) is 0 Å². The van der Waals surface area contributed by atoms with Crippen molar-refractivity contribution in [2.45, 2.75) is 0 Å². The number of fused-ring (bicyclic) bond motifs is 1. The summed E-state index contributed by atoms with van der Waals surface area (Å²) in [7, 11) is 0. The first-order valence-corrected chi connectivity index (χ1v) is 6.86. The van der Waals surface area contributed by atoms with E-state index in [4.69, 9.17) is 15.7 Å². The van der Waals surface area contributed by atoms with Crippen molar-refractivity contribution in [2.75, 3.05) is 11.9 Å². The smallest absolute Gasteiger partial charge is 0.255 e. The lowest BCUT2D eigenvalue weighted by Crippen LogP contribution is -2.14. The van der Waals surface area contributed by atoms with Crippen molar-refractivity contribution in [1.29, 1.82) is 0 Å². The molecule has 1 heterocycles. The number of hydrogen-bond donors (Lipinski definition) is 3. The average Bonchev–Trinajstić information content (AvgIpc) is 2.61. The van der Waals surface area contributed by atoms with Crippen LogP contribution in [0.5, 0.6) is 5.75 Å². The van der Waals surface area contributed by atoms with Crippen molar-refractivity contribution in [2.24, 2.45) is 15.9 Å². The molecule has 0 atom stereocenters. The van der Waals surface area contributed by atoms with Crippen LogP contribution in [0.1, 0.15) is 15.9 Å². The number of hydrogen-bond acceptors (Lipinski definition) is 5. The Morgan fingerprint density at radius 1 is 1.22 bits per heavy atom. The third-order valence-corrected chi connectivity index (χ3v) is 3.31. The molecular formula is C16H14N4O3. The Bertz CT molecular complexity index is 797. The Kier molecular flexibility index (Phi) is 3.92. The number of aliphatic imine (C=N–C) groups is 1. The fraction of sp³-hybridized carbons (Fsp3) is 0.0625. The van der Waals surface area contributed by atoms with Crippen LogP contribution in [0.15, 0.2) is 52.6 Å². The van der Waals surface area contributed by atoms with Crippen molar-refractivity contribution < 1.29 is 14.7 Å². The molecule has 23 heavy (non-hydrogen) atoms. The van der Waals surface area contributed by atoms with Gasteiger partial charge in [-0.05, 0) is 42.5 Å². The molecule has 1 amide bonds. The normalized spacial score (nSPS) is 13.1. The number of oxime groups is 1. The van der Waals surface area contributed by atoms with E-state index in [-0.39, 0.29) is 11.7 Å². The topological polar surface area (TPSA) is 109 Å². The predicted octanol–water partition coefficient (Wildman–Crippen LogP) is 2.13. The molecule has 1 aliphatic heterocycles. The second-order valence-electron chi connectivity index (χ2n) is 4.82. The maximum atomic E-state index is 12.3. The number of nitrogens with two attached hydrogens (primary N) is 1. The molecule has 1 aliphatic rings.